The fourth-order valence-corrected chi connectivity index (χ4v) is 1.82. The molecule has 2 rings (SSSR count). The third-order valence-electron chi connectivity index (χ3n) is 2.34. The zero-order chi connectivity index (χ0) is 10.2. The summed E-state index contributed by atoms with van der Waals surface area (Å²) in [4.78, 5) is 12.0. The molecule has 70 valence electrons. The molecule has 1 aromatic rings. The minimum Gasteiger partial charge on any atom is -0.301 e. The zero-order valence-electron chi connectivity index (χ0n) is 7.50. The summed E-state index contributed by atoms with van der Waals surface area (Å²) in [5.74, 6) is 0.614. The maximum Gasteiger partial charge on any atom is 0.298 e. The van der Waals surface area contributed by atoms with Crippen LogP contribution < -0.4 is 0 Å². The first-order valence-electron chi connectivity index (χ1n) is 4.19. The first kappa shape index (κ1) is 9.35. The van der Waals surface area contributed by atoms with Gasteiger partial charge in [0.05, 0.1) is 17.3 Å². The molecule has 0 unspecified atom stereocenters. The van der Waals surface area contributed by atoms with Crippen LogP contribution in [-0.4, -0.2) is 9.97 Å². The highest BCUT2D eigenvalue weighted by molar-refractivity contribution is 9.10. The van der Waals surface area contributed by atoms with Crippen molar-refractivity contribution < 1.29 is 0 Å². The molecule has 0 bridgehead atoms. The molecule has 0 N–H and O–H groups in total. The number of aromatic nitrogens is 2. The average molecular weight is 250 g/mol. The lowest BCUT2D eigenvalue weighted by Gasteiger charge is -2.30. The molecule has 1 aliphatic carbocycles. The van der Waals surface area contributed by atoms with Crippen molar-refractivity contribution in [2.45, 2.75) is 18.4 Å². The van der Waals surface area contributed by atoms with E-state index in [1.165, 1.54) is 0 Å². The summed E-state index contributed by atoms with van der Waals surface area (Å²) in [5.41, 5.74) is 0.574. The van der Waals surface area contributed by atoms with Crippen LogP contribution in [0.25, 0.3) is 4.85 Å². The molecule has 1 saturated carbocycles. The first-order chi connectivity index (χ1) is 6.66. The Bertz CT molecular complexity index is 408. The van der Waals surface area contributed by atoms with Gasteiger partial charge in [-0.05, 0) is 15.9 Å². The van der Waals surface area contributed by atoms with E-state index < -0.39 is 5.54 Å². The van der Waals surface area contributed by atoms with Crippen LogP contribution in [0.15, 0.2) is 29.0 Å². The zero-order valence-corrected chi connectivity index (χ0v) is 9.08. The Balaban J connectivity index is 2.35. The van der Waals surface area contributed by atoms with Gasteiger partial charge in [0.2, 0.25) is 5.82 Å². The van der Waals surface area contributed by atoms with Crippen molar-refractivity contribution >= 4 is 15.9 Å². The first-order valence-corrected chi connectivity index (χ1v) is 4.99. The minimum atomic E-state index is -0.530. The van der Waals surface area contributed by atoms with Crippen LogP contribution in [0.3, 0.4) is 0 Å². The molecule has 4 heteroatoms. The van der Waals surface area contributed by atoms with E-state index in [4.69, 9.17) is 6.57 Å². The third kappa shape index (κ3) is 1.34. The van der Waals surface area contributed by atoms with E-state index >= 15 is 0 Å². The average Bonchev–Trinajstić information content (AvgIpc) is 2.14. The summed E-state index contributed by atoms with van der Waals surface area (Å²) in [6, 6.07) is 0. The normalized spacial score (nSPS) is 18.4. The number of hydrogen-bond acceptors (Lipinski definition) is 2. The van der Waals surface area contributed by atoms with Gasteiger partial charge in [-0.1, -0.05) is 12.2 Å². The van der Waals surface area contributed by atoms with Crippen molar-refractivity contribution in [3.8, 4) is 0 Å². The summed E-state index contributed by atoms with van der Waals surface area (Å²) in [6.07, 6.45) is 4.74. The standard InChI is InChI=1S/C10H8BrN3/c1-7-3-10(4-7,12-2)9-13-5-8(11)6-14-9/h5-6H,1,3-4H2. The molecule has 1 aliphatic rings. The van der Waals surface area contributed by atoms with E-state index in [2.05, 4.69) is 37.3 Å². The molecule has 14 heavy (non-hydrogen) atoms. The van der Waals surface area contributed by atoms with E-state index in [9.17, 15) is 0 Å². The monoisotopic (exact) mass is 249 g/mol. The van der Waals surface area contributed by atoms with E-state index in [0.29, 0.717) is 18.7 Å². The van der Waals surface area contributed by atoms with E-state index in [0.717, 1.165) is 10.0 Å². The summed E-state index contributed by atoms with van der Waals surface area (Å²) in [7, 11) is 0. The van der Waals surface area contributed by atoms with Gasteiger partial charge < -0.3 is 4.85 Å². The van der Waals surface area contributed by atoms with Crippen LogP contribution in [0.2, 0.25) is 0 Å². The number of rotatable bonds is 1. The van der Waals surface area contributed by atoms with Crippen molar-refractivity contribution in [3.63, 3.8) is 0 Å². The van der Waals surface area contributed by atoms with Crippen LogP contribution >= 0.6 is 15.9 Å². The Hall–Kier alpha value is -1.21. The largest absolute Gasteiger partial charge is 0.301 e. The fraction of sp³-hybridized carbons (Fsp3) is 0.300. The molecule has 0 saturated heterocycles. The van der Waals surface area contributed by atoms with Crippen molar-refractivity contribution in [2.24, 2.45) is 0 Å². The van der Waals surface area contributed by atoms with Crippen molar-refractivity contribution in [1.82, 2.24) is 9.97 Å². The molecule has 3 nitrogen and oxygen atoms in total. The molecular weight excluding hydrogens is 242 g/mol. The molecule has 1 heterocycles. The lowest BCUT2D eigenvalue weighted by atomic mass is 9.73. The lowest BCUT2D eigenvalue weighted by Crippen LogP contribution is -2.34. The Morgan fingerprint density at radius 2 is 2.00 bits per heavy atom. The highest BCUT2D eigenvalue weighted by Gasteiger charge is 2.51. The Kier molecular flexibility index (Phi) is 2.12. The number of hydrogen-bond donors (Lipinski definition) is 0. The van der Waals surface area contributed by atoms with Crippen LogP contribution in [-0.2, 0) is 5.54 Å². The van der Waals surface area contributed by atoms with Gasteiger partial charge in [-0.25, -0.2) is 16.5 Å². The van der Waals surface area contributed by atoms with Gasteiger partial charge >= 0.3 is 0 Å². The van der Waals surface area contributed by atoms with Gasteiger partial charge in [0, 0.05) is 12.4 Å². The van der Waals surface area contributed by atoms with Crippen molar-refractivity contribution in [3.05, 3.63) is 46.3 Å². The van der Waals surface area contributed by atoms with Crippen LogP contribution in [0, 0.1) is 6.57 Å². The highest BCUT2D eigenvalue weighted by atomic mass is 79.9. The topological polar surface area (TPSA) is 30.1 Å². The van der Waals surface area contributed by atoms with E-state index in [1.54, 1.807) is 12.4 Å². The quantitative estimate of drug-likeness (QED) is 0.566. The summed E-state index contributed by atoms with van der Waals surface area (Å²) < 4.78 is 0.833. The Morgan fingerprint density at radius 1 is 1.43 bits per heavy atom. The third-order valence-corrected chi connectivity index (χ3v) is 2.74. The Morgan fingerprint density at radius 3 is 2.43 bits per heavy atom. The lowest BCUT2D eigenvalue weighted by molar-refractivity contribution is 0.392. The van der Waals surface area contributed by atoms with Gasteiger partial charge in [-0.15, -0.1) is 0 Å². The van der Waals surface area contributed by atoms with Crippen LogP contribution in [0.1, 0.15) is 18.7 Å². The highest BCUT2D eigenvalue weighted by Crippen LogP contribution is 2.46. The number of nitrogens with zero attached hydrogens (tertiary/aromatic N) is 3. The maximum absolute atomic E-state index is 7.18. The Labute approximate surface area is 90.8 Å². The van der Waals surface area contributed by atoms with Gasteiger partial charge in [-0.2, -0.15) is 0 Å². The molecule has 0 amide bonds. The fourth-order valence-electron chi connectivity index (χ4n) is 1.62. The summed E-state index contributed by atoms with van der Waals surface area (Å²) in [6.45, 7) is 11.0. The summed E-state index contributed by atoms with van der Waals surface area (Å²) in [5, 5.41) is 0. The van der Waals surface area contributed by atoms with E-state index in [1.807, 2.05) is 0 Å². The SMILES string of the molecule is [C-]#[N+]C1(c2ncc(Br)cn2)CC(=C)C1. The van der Waals surface area contributed by atoms with Gasteiger partial charge in [0.25, 0.3) is 5.54 Å². The second-order valence-electron chi connectivity index (χ2n) is 3.47. The van der Waals surface area contributed by atoms with Crippen molar-refractivity contribution in [1.29, 1.82) is 0 Å². The molecule has 0 atom stereocenters. The molecule has 0 aromatic carbocycles. The predicted octanol–water partition coefficient (Wildman–Crippen LogP) is 2.70. The van der Waals surface area contributed by atoms with Crippen molar-refractivity contribution in [2.75, 3.05) is 0 Å². The van der Waals surface area contributed by atoms with Gasteiger partial charge in [0.1, 0.15) is 0 Å². The minimum absolute atomic E-state index is 0.530. The van der Waals surface area contributed by atoms with Crippen LogP contribution in [0.5, 0.6) is 0 Å². The predicted molar refractivity (Wildman–Crippen MR) is 56.4 cm³/mol. The molecule has 0 spiro atoms. The van der Waals surface area contributed by atoms with E-state index in [-0.39, 0.29) is 0 Å². The van der Waals surface area contributed by atoms with Gasteiger partial charge in [-0.3, -0.25) is 0 Å². The molecular formula is C10H8BrN3. The number of halogens is 1. The molecule has 0 radical (unpaired) electrons. The second-order valence-corrected chi connectivity index (χ2v) is 4.39. The molecule has 1 aromatic heterocycles. The molecule has 1 fully saturated rings. The molecule has 0 aliphatic heterocycles. The summed E-state index contributed by atoms with van der Waals surface area (Å²) >= 11 is 3.27. The maximum atomic E-state index is 7.18. The second kappa shape index (κ2) is 3.18. The smallest absolute Gasteiger partial charge is 0.298 e. The van der Waals surface area contributed by atoms with Crippen LogP contribution in [0.4, 0.5) is 0 Å². The van der Waals surface area contributed by atoms with Gasteiger partial charge in [0.15, 0.2) is 0 Å².